The van der Waals surface area contributed by atoms with E-state index >= 15 is 0 Å². The van der Waals surface area contributed by atoms with E-state index in [0.29, 0.717) is 11.3 Å². The van der Waals surface area contributed by atoms with E-state index in [1.165, 1.54) is 54.4 Å². The maximum atomic E-state index is 13.1. The SMILES string of the molecule is CN(CC(=O)Nc1cccc(F)c1)C(=O)Cc1ccc([N+](=O)[O-])cc1. The molecule has 0 unspecified atom stereocenters. The first kappa shape index (κ1) is 18.1. The summed E-state index contributed by atoms with van der Waals surface area (Å²) in [5.74, 6) is -1.24. The number of amides is 2. The Morgan fingerprint density at radius 3 is 2.48 bits per heavy atom. The lowest BCUT2D eigenvalue weighted by Crippen LogP contribution is -2.35. The number of carbonyl (C=O) groups excluding carboxylic acids is 2. The number of nitro groups is 1. The molecule has 0 saturated carbocycles. The van der Waals surface area contributed by atoms with E-state index in [4.69, 9.17) is 0 Å². The van der Waals surface area contributed by atoms with Crippen LogP contribution in [0.15, 0.2) is 48.5 Å². The molecule has 2 aromatic rings. The van der Waals surface area contributed by atoms with Crippen molar-refractivity contribution in [3.8, 4) is 0 Å². The number of nitrogens with one attached hydrogen (secondary N) is 1. The third kappa shape index (κ3) is 5.38. The summed E-state index contributed by atoms with van der Waals surface area (Å²) in [6.45, 7) is -0.192. The lowest BCUT2D eigenvalue weighted by Gasteiger charge is -2.17. The van der Waals surface area contributed by atoms with Gasteiger partial charge in [0.15, 0.2) is 0 Å². The topological polar surface area (TPSA) is 92.6 Å². The number of halogens is 1. The second kappa shape index (κ2) is 8.00. The third-order valence-electron chi connectivity index (χ3n) is 3.42. The van der Waals surface area contributed by atoms with Crippen molar-refractivity contribution >= 4 is 23.2 Å². The van der Waals surface area contributed by atoms with Crippen LogP contribution in [0, 0.1) is 15.9 Å². The molecular formula is C17H16FN3O4. The Morgan fingerprint density at radius 1 is 1.20 bits per heavy atom. The predicted octanol–water partition coefficient (Wildman–Crippen LogP) is 2.37. The molecule has 0 aliphatic carbocycles. The summed E-state index contributed by atoms with van der Waals surface area (Å²) in [5.41, 5.74) is 0.855. The monoisotopic (exact) mass is 345 g/mol. The molecule has 0 aromatic heterocycles. The number of likely N-dealkylation sites (N-methyl/N-ethyl adjacent to an activating group) is 1. The molecule has 130 valence electrons. The molecule has 2 amide bonds. The Kier molecular flexibility index (Phi) is 5.78. The zero-order valence-electron chi connectivity index (χ0n) is 13.4. The van der Waals surface area contributed by atoms with E-state index in [0.717, 1.165) is 0 Å². The lowest BCUT2D eigenvalue weighted by atomic mass is 10.1. The Balaban J connectivity index is 1.88. The molecule has 0 aliphatic rings. The largest absolute Gasteiger partial charge is 0.336 e. The average molecular weight is 345 g/mol. The van der Waals surface area contributed by atoms with E-state index in [1.807, 2.05) is 0 Å². The molecule has 0 fully saturated rings. The van der Waals surface area contributed by atoms with Crippen LogP contribution in [0.5, 0.6) is 0 Å². The highest BCUT2D eigenvalue weighted by atomic mass is 19.1. The Bertz CT molecular complexity index is 793. The smallest absolute Gasteiger partial charge is 0.269 e. The van der Waals surface area contributed by atoms with Gasteiger partial charge in [-0.25, -0.2) is 4.39 Å². The van der Waals surface area contributed by atoms with Gasteiger partial charge in [0.2, 0.25) is 11.8 Å². The molecule has 0 saturated heterocycles. The van der Waals surface area contributed by atoms with E-state index in [9.17, 15) is 24.1 Å². The standard InChI is InChI=1S/C17H16FN3O4/c1-20(11-16(22)19-14-4-2-3-13(18)10-14)17(23)9-12-5-7-15(8-6-12)21(24)25/h2-8,10H,9,11H2,1H3,(H,19,22). The Hall–Kier alpha value is -3.29. The van der Waals surface area contributed by atoms with Crippen LogP contribution < -0.4 is 5.32 Å². The van der Waals surface area contributed by atoms with E-state index in [1.54, 1.807) is 6.07 Å². The van der Waals surface area contributed by atoms with Crippen LogP contribution in [-0.4, -0.2) is 35.2 Å². The van der Waals surface area contributed by atoms with Gasteiger partial charge in [-0.1, -0.05) is 18.2 Å². The van der Waals surface area contributed by atoms with E-state index in [2.05, 4.69) is 5.32 Å². The van der Waals surface area contributed by atoms with Crippen molar-refractivity contribution in [3.63, 3.8) is 0 Å². The number of hydrogen-bond acceptors (Lipinski definition) is 4. The number of nitrogens with zero attached hydrogens (tertiary/aromatic N) is 2. The Morgan fingerprint density at radius 2 is 1.88 bits per heavy atom. The summed E-state index contributed by atoms with van der Waals surface area (Å²) in [5, 5.41) is 13.1. The van der Waals surface area contributed by atoms with E-state index in [-0.39, 0.29) is 24.6 Å². The number of non-ortho nitro benzene ring substituents is 1. The fraction of sp³-hybridized carbons (Fsp3) is 0.176. The summed E-state index contributed by atoms with van der Waals surface area (Å²) in [7, 11) is 1.47. The minimum atomic E-state index is -0.519. The summed E-state index contributed by atoms with van der Waals surface area (Å²) >= 11 is 0. The van der Waals surface area contributed by atoms with Gasteiger partial charge in [-0.15, -0.1) is 0 Å². The van der Waals surface area contributed by atoms with Gasteiger partial charge >= 0.3 is 0 Å². The van der Waals surface area contributed by atoms with Gasteiger partial charge in [0.05, 0.1) is 17.9 Å². The maximum absolute atomic E-state index is 13.1. The molecule has 0 spiro atoms. The molecule has 2 rings (SSSR count). The Labute approximate surface area is 143 Å². The molecule has 25 heavy (non-hydrogen) atoms. The van der Waals surface area contributed by atoms with Crippen LogP contribution in [0.2, 0.25) is 0 Å². The molecule has 0 aliphatic heterocycles. The molecule has 0 radical (unpaired) electrons. The first-order valence-corrected chi connectivity index (χ1v) is 7.38. The number of nitro benzene ring substituents is 1. The first-order chi connectivity index (χ1) is 11.8. The van der Waals surface area contributed by atoms with Crippen LogP contribution in [0.25, 0.3) is 0 Å². The molecule has 7 nitrogen and oxygen atoms in total. The highest BCUT2D eigenvalue weighted by Crippen LogP contribution is 2.13. The average Bonchev–Trinajstić information content (AvgIpc) is 2.55. The second-order valence-electron chi connectivity index (χ2n) is 5.41. The fourth-order valence-electron chi connectivity index (χ4n) is 2.12. The highest BCUT2D eigenvalue weighted by molar-refractivity contribution is 5.94. The van der Waals surface area contributed by atoms with Crippen LogP contribution in [0.3, 0.4) is 0 Å². The van der Waals surface area contributed by atoms with Crippen LogP contribution in [0.1, 0.15) is 5.56 Å². The zero-order valence-corrected chi connectivity index (χ0v) is 13.4. The van der Waals surface area contributed by atoms with Crippen molar-refractivity contribution < 1.29 is 18.9 Å². The fourth-order valence-corrected chi connectivity index (χ4v) is 2.12. The summed E-state index contributed by atoms with van der Waals surface area (Å²) < 4.78 is 13.1. The van der Waals surface area contributed by atoms with Crippen LogP contribution in [0.4, 0.5) is 15.8 Å². The zero-order chi connectivity index (χ0) is 18.4. The molecule has 0 heterocycles. The van der Waals surface area contributed by atoms with Crippen molar-refractivity contribution in [2.24, 2.45) is 0 Å². The quantitative estimate of drug-likeness (QED) is 0.642. The summed E-state index contributed by atoms with van der Waals surface area (Å²) in [6, 6.07) is 11.1. The molecular weight excluding hydrogens is 329 g/mol. The van der Waals surface area contributed by atoms with Crippen molar-refractivity contribution in [3.05, 3.63) is 70.0 Å². The van der Waals surface area contributed by atoms with Gasteiger partial charge in [0, 0.05) is 24.9 Å². The minimum Gasteiger partial charge on any atom is -0.336 e. The van der Waals surface area contributed by atoms with Crippen molar-refractivity contribution in [1.29, 1.82) is 0 Å². The van der Waals surface area contributed by atoms with Gasteiger partial charge in [0.25, 0.3) is 5.69 Å². The van der Waals surface area contributed by atoms with Gasteiger partial charge in [-0.2, -0.15) is 0 Å². The second-order valence-corrected chi connectivity index (χ2v) is 5.41. The minimum absolute atomic E-state index is 0.0156. The highest BCUT2D eigenvalue weighted by Gasteiger charge is 2.14. The number of anilines is 1. The van der Waals surface area contributed by atoms with Crippen LogP contribution >= 0.6 is 0 Å². The molecule has 1 N–H and O–H groups in total. The van der Waals surface area contributed by atoms with Gasteiger partial charge in [-0.3, -0.25) is 19.7 Å². The summed E-state index contributed by atoms with van der Waals surface area (Å²) in [6.07, 6.45) is 0.0156. The number of carbonyl (C=O) groups is 2. The van der Waals surface area contributed by atoms with Crippen molar-refractivity contribution in [1.82, 2.24) is 4.90 Å². The summed E-state index contributed by atoms with van der Waals surface area (Å²) in [4.78, 5) is 35.3. The maximum Gasteiger partial charge on any atom is 0.269 e. The molecule has 8 heteroatoms. The molecule has 0 bridgehead atoms. The number of benzene rings is 2. The van der Waals surface area contributed by atoms with Gasteiger partial charge in [-0.05, 0) is 23.8 Å². The van der Waals surface area contributed by atoms with Gasteiger partial charge in [0.1, 0.15) is 5.82 Å². The van der Waals surface area contributed by atoms with Gasteiger partial charge < -0.3 is 10.2 Å². The van der Waals surface area contributed by atoms with Crippen molar-refractivity contribution in [2.45, 2.75) is 6.42 Å². The number of hydrogen-bond donors (Lipinski definition) is 1. The lowest BCUT2D eigenvalue weighted by molar-refractivity contribution is -0.384. The van der Waals surface area contributed by atoms with E-state index < -0.39 is 16.6 Å². The molecule has 0 atom stereocenters. The molecule has 2 aromatic carbocycles. The predicted molar refractivity (Wildman–Crippen MR) is 89.5 cm³/mol. The number of rotatable bonds is 6. The third-order valence-corrected chi connectivity index (χ3v) is 3.42. The normalized spacial score (nSPS) is 10.2. The van der Waals surface area contributed by atoms with Crippen LogP contribution in [-0.2, 0) is 16.0 Å². The first-order valence-electron chi connectivity index (χ1n) is 7.38. The van der Waals surface area contributed by atoms with Crippen molar-refractivity contribution in [2.75, 3.05) is 18.9 Å².